The number of aromatic nitrogens is 2. The van der Waals surface area contributed by atoms with Crippen LogP contribution in [-0.4, -0.2) is 21.8 Å². The number of anilines is 1. The van der Waals surface area contributed by atoms with Crippen LogP contribution in [0, 0.1) is 13.8 Å². The Bertz CT molecular complexity index is 739. The topological polar surface area (TPSA) is 56.1 Å². The number of nitrogens with zero attached hydrogens (tertiary/aromatic N) is 2. The number of alkyl halides is 2. The van der Waals surface area contributed by atoms with Gasteiger partial charge in [0.2, 0.25) is 5.92 Å². The van der Waals surface area contributed by atoms with Crippen molar-refractivity contribution < 1.29 is 18.3 Å². The molecule has 1 aromatic heterocycles. The Morgan fingerprint density at radius 1 is 1.23 bits per heavy atom. The average molecular weight is 365 g/mol. The Morgan fingerprint density at radius 2 is 2.00 bits per heavy atom. The number of halogens is 2. The van der Waals surface area contributed by atoms with E-state index in [-0.39, 0.29) is 13.0 Å². The first-order chi connectivity index (χ1) is 12.2. The van der Waals surface area contributed by atoms with Gasteiger partial charge >= 0.3 is 6.09 Å². The number of benzene rings is 1. The number of aryl methyl sites for hydroxylation is 3. The fraction of sp³-hybridized carbons (Fsp3) is 0.474. The molecular weight excluding hydrogens is 340 g/mol. The molecule has 0 aliphatic carbocycles. The van der Waals surface area contributed by atoms with E-state index in [0.29, 0.717) is 25.2 Å². The number of amides is 1. The third-order valence-electron chi connectivity index (χ3n) is 4.07. The molecule has 7 heteroatoms. The molecule has 0 aliphatic heterocycles. The number of carbonyl (C=O) groups is 1. The summed E-state index contributed by atoms with van der Waals surface area (Å²) in [6, 6.07) is 7.54. The third-order valence-corrected chi connectivity index (χ3v) is 4.07. The lowest BCUT2D eigenvalue weighted by atomic mass is 10.1. The summed E-state index contributed by atoms with van der Waals surface area (Å²) in [6.45, 7) is 5.66. The van der Waals surface area contributed by atoms with Crippen molar-refractivity contribution in [1.29, 1.82) is 0 Å². The van der Waals surface area contributed by atoms with Crippen LogP contribution in [0.2, 0.25) is 0 Å². The molecule has 1 heterocycles. The zero-order valence-electron chi connectivity index (χ0n) is 15.4. The first-order valence-electron chi connectivity index (χ1n) is 8.64. The van der Waals surface area contributed by atoms with E-state index >= 15 is 0 Å². The number of rotatable bonds is 8. The first-order valence-corrected chi connectivity index (χ1v) is 8.64. The maximum absolute atomic E-state index is 12.7. The Labute approximate surface area is 152 Å². The van der Waals surface area contributed by atoms with Crippen LogP contribution in [0.5, 0.6) is 0 Å². The van der Waals surface area contributed by atoms with Crippen LogP contribution in [0.25, 0.3) is 0 Å². The van der Waals surface area contributed by atoms with Crippen LogP contribution in [0.15, 0.2) is 30.5 Å². The summed E-state index contributed by atoms with van der Waals surface area (Å²) in [7, 11) is 0. The third kappa shape index (κ3) is 6.82. The van der Waals surface area contributed by atoms with E-state index in [1.807, 2.05) is 32.0 Å². The van der Waals surface area contributed by atoms with Crippen molar-refractivity contribution in [3.05, 3.63) is 47.2 Å². The highest BCUT2D eigenvalue weighted by Gasteiger charge is 2.19. The summed E-state index contributed by atoms with van der Waals surface area (Å²) in [5.41, 5.74) is 3.25. The summed E-state index contributed by atoms with van der Waals surface area (Å²) >= 11 is 0. The van der Waals surface area contributed by atoms with Gasteiger partial charge in [-0.3, -0.25) is 10.00 Å². The van der Waals surface area contributed by atoms with Gasteiger partial charge in [0.05, 0.1) is 0 Å². The van der Waals surface area contributed by atoms with Gasteiger partial charge in [-0.2, -0.15) is 5.10 Å². The Balaban J connectivity index is 1.73. The molecule has 1 amide bonds. The van der Waals surface area contributed by atoms with E-state index in [1.165, 1.54) is 5.56 Å². The molecule has 5 nitrogen and oxygen atoms in total. The van der Waals surface area contributed by atoms with Gasteiger partial charge in [0.1, 0.15) is 6.61 Å². The molecule has 0 atom stereocenters. The predicted molar refractivity (Wildman–Crippen MR) is 96.4 cm³/mol. The van der Waals surface area contributed by atoms with E-state index in [1.54, 1.807) is 16.9 Å². The lowest BCUT2D eigenvalue weighted by Crippen LogP contribution is -2.14. The number of carbonyl (C=O) groups excluding carboxylic acids is 1. The molecule has 2 aromatic rings. The minimum atomic E-state index is -2.63. The van der Waals surface area contributed by atoms with Crippen molar-refractivity contribution in [1.82, 2.24) is 9.78 Å². The second-order valence-corrected chi connectivity index (χ2v) is 6.61. The molecule has 1 aromatic carbocycles. The number of hydrogen-bond acceptors (Lipinski definition) is 3. The summed E-state index contributed by atoms with van der Waals surface area (Å²) in [4.78, 5) is 11.9. The van der Waals surface area contributed by atoms with Gasteiger partial charge in [-0.05, 0) is 50.3 Å². The van der Waals surface area contributed by atoms with Gasteiger partial charge in [0.15, 0.2) is 5.82 Å². The van der Waals surface area contributed by atoms with Gasteiger partial charge in [-0.1, -0.05) is 18.2 Å². The average Bonchev–Trinajstić information content (AvgIpc) is 2.99. The largest absolute Gasteiger partial charge is 0.444 e. The molecule has 0 radical (unpaired) electrons. The lowest BCUT2D eigenvalue weighted by molar-refractivity contribution is 0.0102. The summed E-state index contributed by atoms with van der Waals surface area (Å²) in [6.07, 6.45) is 2.00. The number of ether oxygens (including phenoxy) is 1. The highest BCUT2D eigenvalue weighted by Crippen LogP contribution is 2.20. The highest BCUT2D eigenvalue weighted by molar-refractivity contribution is 5.83. The van der Waals surface area contributed by atoms with Gasteiger partial charge in [0.25, 0.3) is 0 Å². The molecule has 0 aliphatic rings. The van der Waals surface area contributed by atoms with Crippen LogP contribution >= 0.6 is 0 Å². The van der Waals surface area contributed by atoms with Gasteiger partial charge in [-0.25, -0.2) is 13.6 Å². The zero-order chi connectivity index (χ0) is 19.2. The number of unbranched alkanes of at least 4 members (excludes halogenated alkanes) is 1. The normalized spacial score (nSPS) is 11.4. The van der Waals surface area contributed by atoms with Crippen LogP contribution in [-0.2, 0) is 17.9 Å². The number of hydrogen-bond donors (Lipinski definition) is 1. The SMILES string of the molecule is Cc1ccc(COC(=O)Nc2ccn(CCCCC(C)(F)F)n2)cc1C. The molecule has 26 heavy (non-hydrogen) atoms. The molecule has 0 fully saturated rings. The molecular formula is C19H25F2N3O2. The highest BCUT2D eigenvalue weighted by atomic mass is 19.3. The zero-order valence-corrected chi connectivity index (χ0v) is 15.4. The second-order valence-electron chi connectivity index (χ2n) is 6.61. The number of nitrogens with one attached hydrogen (secondary N) is 1. The maximum Gasteiger partial charge on any atom is 0.413 e. The molecule has 2 rings (SSSR count). The molecule has 0 saturated carbocycles. The van der Waals surface area contributed by atoms with Crippen LogP contribution < -0.4 is 5.32 Å². The van der Waals surface area contributed by atoms with E-state index in [4.69, 9.17) is 4.74 Å². The minimum Gasteiger partial charge on any atom is -0.444 e. The predicted octanol–water partition coefficient (Wildman–Crippen LogP) is 5.07. The van der Waals surface area contributed by atoms with E-state index in [0.717, 1.165) is 18.1 Å². The van der Waals surface area contributed by atoms with Gasteiger partial charge in [-0.15, -0.1) is 0 Å². The van der Waals surface area contributed by atoms with E-state index in [2.05, 4.69) is 10.4 Å². The molecule has 0 saturated heterocycles. The van der Waals surface area contributed by atoms with Crippen LogP contribution in [0.1, 0.15) is 42.9 Å². The van der Waals surface area contributed by atoms with Crippen LogP contribution in [0.3, 0.4) is 0 Å². The van der Waals surface area contributed by atoms with E-state index in [9.17, 15) is 13.6 Å². The Morgan fingerprint density at radius 3 is 2.69 bits per heavy atom. The van der Waals surface area contributed by atoms with Crippen molar-refractivity contribution in [2.45, 2.75) is 59.1 Å². The fourth-order valence-corrected chi connectivity index (χ4v) is 2.44. The van der Waals surface area contributed by atoms with Crippen molar-refractivity contribution in [2.75, 3.05) is 5.32 Å². The maximum atomic E-state index is 12.7. The molecule has 0 spiro atoms. The Kier molecular flexibility index (Phi) is 6.71. The summed E-state index contributed by atoms with van der Waals surface area (Å²) in [5.74, 6) is -2.26. The standard InChI is InChI=1S/C19H25F2N3O2/c1-14-6-7-16(12-15(14)2)13-26-18(25)22-17-8-11-24(23-17)10-5-4-9-19(3,20)21/h6-8,11-12H,4-5,9-10,13H2,1-3H3,(H,22,23,25). The Hall–Kier alpha value is -2.44. The molecule has 1 N–H and O–H groups in total. The molecule has 142 valence electrons. The smallest absolute Gasteiger partial charge is 0.413 e. The molecule has 0 unspecified atom stereocenters. The van der Waals surface area contributed by atoms with Crippen LogP contribution in [0.4, 0.5) is 19.4 Å². The van der Waals surface area contributed by atoms with Gasteiger partial charge < -0.3 is 4.74 Å². The van der Waals surface area contributed by atoms with Crippen molar-refractivity contribution >= 4 is 11.9 Å². The van der Waals surface area contributed by atoms with E-state index < -0.39 is 12.0 Å². The van der Waals surface area contributed by atoms with Crippen molar-refractivity contribution in [2.24, 2.45) is 0 Å². The second kappa shape index (κ2) is 8.78. The van der Waals surface area contributed by atoms with Crippen molar-refractivity contribution in [3.8, 4) is 0 Å². The quantitative estimate of drug-likeness (QED) is 0.664. The summed E-state index contributed by atoms with van der Waals surface area (Å²) < 4.78 is 32.3. The monoisotopic (exact) mass is 365 g/mol. The van der Waals surface area contributed by atoms with Crippen molar-refractivity contribution in [3.63, 3.8) is 0 Å². The fourth-order valence-electron chi connectivity index (χ4n) is 2.44. The summed E-state index contributed by atoms with van der Waals surface area (Å²) in [5, 5.41) is 6.74. The minimum absolute atomic E-state index is 0.135. The first kappa shape index (κ1) is 19.9. The lowest BCUT2D eigenvalue weighted by Gasteiger charge is -2.09. The van der Waals surface area contributed by atoms with Gasteiger partial charge in [0, 0.05) is 25.2 Å². The molecule has 0 bridgehead atoms.